The van der Waals surface area contributed by atoms with Gasteiger partial charge in [0.05, 0.1) is 18.2 Å². The molecule has 0 atom stereocenters. The van der Waals surface area contributed by atoms with Crippen LogP contribution in [0.4, 0.5) is 0 Å². The minimum absolute atomic E-state index is 0.247. The maximum atomic E-state index is 11.3. The predicted molar refractivity (Wildman–Crippen MR) is 52.7 cm³/mol. The molecule has 0 aliphatic carbocycles. The number of hydrogen-bond donors (Lipinski definition) is 1. The van der Waals surface area contributed by atoms with Crippen LogP contribution in [-0.2, 0) is 4.74 Å². The van der Waals surface area contributed by atoms with Crippen molar-refractivity contribution in [1.29, 1.82) is 0 Å². The lowest BCUT2D eigenvalue weighted by atomic mass is 10.2. The number of methoxy groups -OCH3 is 1. The van der Waals surface area contributed by atoms with Crippen LogP contribution in [0.2, 0.25) is 0 Å². The number of benzene rings is 1. The van der Waals surface area contributed by atoms with Crippen molar-refractivity contribution in [3.63, 3.8) is 0 Å². The van der Waals surface area contributed by atoms with Crippen molar-refractivity contribution in [1.82, 2.24) is 4.98 Å². The minimum atomic E-state index is -0.414. The predicted octanol–water partition coefficient (Wildman–Crippen LogP) is 2.28. The van der Waals surface area contributed by atoms with E-state index < -0.39 is 5.97 Å². The fourth-order valence-corrected chi connectivity index (χ4v) is 1.44. The summed E-state index contributed by atoms with van der Waals surface area (Å²) in [4.78, 5) is 14.4. The number of carbonyl (C=O) groups excluding carboxylic acids is 1. The summed E-state index contributed by atoms with van der Waals surface area (Å²) < 4.78 is 9.77. The second-order valence-electron chi connectivity index (χ2n) is 2.68. The van der Waals surface area contributed by atoms with Crippen molar-refractivity contribution in [3.05, 3.63) is 28.6 Å². The summed E-state index contributed by atoms with van der Waals surface area (Å²) >= 11 is 4.82. The van der Waals surface area contributed by atoms with E-state index in [2.05, 4.69) is 9.72 Å². The summed E-state index contributed by atoms with van der Waals surface area (Å²) in [6.07, 6.45) is 0. The van der Waals surface area contributed by atoms with Crippen LogP contribution in [0, 0.1) is 4.84 Å². The van der Waals surface area contributed by atoms with Crippen molar-refractivity contribution >= 4 is 29.3 Å². The molecule has 0 fully saturated rings. The van der Waals surface area contributed by atoms with Gasteiger partial charge in [-0.3, -0.25) is 0 Å². The van der Waals surface area contributed by atoms with Crippen LogP contribution < -0.4 is 0 Å². The topological polar surface area (TPSA) is 55.2 Å². The SMILES string of the molecule is COC(=O)c1cccc2oc(=S)[nH]c12. The third-order valence-corrected chi connectivity index (χ3v) is 2.05. The fraction of sp³-hybridized carbons (Fsp3) is 0.111. The summed E-state index contributed by atoms with van der Waals surface area (Å²) in [5, 5.41) is 0. The molecule has 1 N–H and O–H groups in total. The third kappa shape index (κ3) is 1.31. The second-order valence-corrected chi connectivity index (χ2v) is 3.06. The molecule has 0 bridgehead atoms. The first kappa shape index (κ1) is 8.96. The van der Waals surface area contributed by atoms with Gasteiger partial charge in [0.1, 0.15) is 0 Å². The number of ether oxygens (including phenoxy) is 1. The summed E-state index contributed by atoms with van der Waals surface area (Å²) in [7, 11) is 1.33. The summed E-state index contributed by atoms with van der Waals surface area (Å²) in [5.41, 5.74) is 1.55. The van der Waals surface area contributed by atoms with Gasteiger partial charge in [-0.2, -0.15) is 0 Å². The Morgan fingerprint density at radius 1 is 1.57 bits per heavy atom. The lowest BCUT2D eigenvalue weighted by molar-refractivity contribution is 0.0603. The number of carbonyl (C=O) groups is 1. The lowest BCUT2D eigenvalue weighted by Gasteiger charge is -1.98. The Balaban J connectivity index is 2.76. The Morgan fingerprint density at radius 3 is 3.07 bits per heavy atom. The van der Waals surface area contributed by atoms with Crippen molar-refractivity contribution in [3.8, 4) is 0 Å². The van der Waals surface area contributed by atoms with Crippen LogP contribution in [0.15, 0.2) is 22.6 Å². The zero-order valence-corrected chi connectivity index (χ0v) is 8.18. The number of aromatic nitrogens is 1. The van der Waals surface area contributed by atoms with Crippen molar-refractivity contribution in [2.24, 2.45) is 0 Å². The molecule has 0 spiro atoms. The third-order valence-electron chi connectivity index (χ3n) is 1.86. The van der Waals surface area contributed by atoms with Crippen molar-refractivity contribution in [2.45, 2.75) is 0 Å². The van der Waals surface area contributed by atoms with E-state index in [0.717, 1.165) is 0 Å². The Bertz CT molecular complexity index is 540. The Kier molecular flexibility index (Phi) is 2.09. The van der Waals surface area contributed by atoms with Gasteiger partial charge in [-0.15, -0.1) is 0 Å². The molecule has 1 aromatic carbocycles. The molecular weight excluding hydrogens is 202 g/mol. The van der Waals surface area contributed by atoms with Gasteiger partial charge < -0.3 is 14.1 Å². The van der Waals surface area contributed by atoms with Crippen LogP contribution in [0.5, 0.6) is 0 Å². The number of H-pyrrole nitrogens is 1. The summed E-state index contributed by atoms with van der Waals surface area (Å²) in [5.74, 6) is -0.414. The molecule has 0 aliphatic heterocycles. The second kappa shape index (κ2) is 3.26. The van der Waals surface area contributed by atoms with Crippen molar-refractivity contribution in [2.75, 3.05) is 7.11 Å². The number of esters is 1. The highest BCUT2D eigenvalue weighted by molar-refractivity contribution is 7.71. The fourth-order valence-electron chi connectivity index (χ4n) is 1.25. The van der Waals surface area contributed by atoms with Gasteiger partial charge in [-0.25, -0.2) is 4.79 Å². The van der Waals surface area contributed by atoms with E-state index >= 15 is 0 Å². The number of hydrogen-bond acceptors (Lipinski definition) is 4. The Hall–Kier alpha value is -1.62. The van der Waals surface area contributed by atoms with E-state index in [1.807, 2.05) is 0 Å². The van der Waals surface area contributed by atoms with Crippen LogP contribution >= 0.6 is 12.2 Å². The quantitative estimate of drug-likeness (QED) is 0.578. The Labute approximate surface area is 84.5 Å². The molecule has 0 aliphatic rings. The highest BCUT2D eigenvalue weighted by Crippen LogP contribution is 2.18. The molecule has 0 unspecified atom stereocenters. The number of para-hydroxylation sites is 1. The number of aromatic amines is 1. The average Bonchev–Trinajstić information content (AvgIpc) is 2.56. The normalized spacial score (nSPS) is 10.4. The minimum Gasteiger partial charge on any atom is -0.465 e. The number of oxazole rings is 1. The van der Waals surface area contributed by atoms with Crippen LogP contribution in [0.3, 0.4) is 0 Å². The first-order chi connectivity index (χ1) is 6.72. The van der Waals surface area contributed by atoms with Crippen molar-refractivity contribution < 1.29 is 13.9 Å². The van der Waals surface area contributed by atoms with Gasteiger partial charge in [-0.1, -0.05) is 6.07 Å². The van der Waals surface area contributed by atoms with Gasteiger partial charge >= 0.3 is 5.97 Å². The summed E-state index contributed by atoms with van der Waals surface area (Å²) in [6, 6.07) is 5.09. The van der Waals surface area contributed by atoms with E-state index in [1.54, 1.807) is 18.2 Å². The monoisotopic (exact) mass is 209 g/mol. The highest BCUT2D eigenvalue weighted by Gasteiger charge is 2.12. The molecule has 4 nitrogen and oxygen atoms in total. The molecular formula is C9H7NO3S. The van der Waals surface area contributed by atoms with E-state index in [9.17, 15) is 4.79 Å². The molecule has 0 saturated carbocycles. The molecule has 1 aromatic heterocycles. The molecule has 5 heteroatoms. The molecule has 0 radical (unpaired) electrons. The Morgan fingerprint density at radius 2 is 2.36 bits per heavy atom. The highest BCUT2D eigenvalue weighted by atomic mass is 32.1. The van der Waals surface area contributed by atoms with E-state index in [0.29, 0.717) is 16.7 Å². The van der Waals surface area contributed by atoms with E-state index in [1.165, 1.54) is 7.11 Å². The lowest BCUT2D eigenvalue weighted by Crippen LogP contribution is -2.01. The maximum absolute atomic E-state index is 11.3. The first-order valence-electron chi connectivity index (χ1n) is 3.92. The zero-order valence-electron chi connectivity index (χ0n) is 7.37. The number of rotatable bonds is 1. The maximum Gasteiger partial charge on any atom is 0.340 e. The molecule has 2 aromatic rings. The van der Waals surface area contributed by atoms with Gasteiger partial charge in [0.15, 0.2) is 5.58 Å². The molecule has 2 rings (SSSR count). The van der Waals surface area contributed by atoms with Crippen LogP contribution in [0.1, 0.15) is 10.4 Å². The van der Waals surface area contributed by atoms with E-state index in [4.69, 9.17) is 16.6 Å². The molecule has 0 saturated heterocycles. The molecule has 1 heterocycles. The number of fused-ring (bicyclic) bond motifs is 1. The standard InChI is InChI=1S/C9H7NO3S/c1-12-8(11)5-3-2-4-6-7(5)10-9(14)13-6/h2-4H,1H3,(H,10,14). The van der Waals surface area contributed by atoms with Gasteiger partial charge in [0.2, 0.25) is 0 Å². The van der Waals surface area contributed by atoms with Crippen LogP contribution in [-0.4, -0.2) is 18.1 Å². The molecule has 14 heavy (non-hydrogen) atoms. The summed E-state index contributed by atoms with van der Waals surface area (Å²) in [6.45, 7) is 0. The smallest absolute Gasteiger partial charge is 0.340 e. The molecule has 72 valence electrons. The average molecular weight is 209 g/mol. The van der Waals surface area contributed by atoms with Crippen LogP contribution in [0.25, 0.3) is 11.1 Å². The van der Waals surface area contributed by atoms with Gasteiger partial charge in [-0.05, 0) is 24.4 Å². The largest absolute Gasteiger partial charge is 0.465 e. The number of nitrogens with one attached hydrogen (secondary N) is 1. The zero-order chi connectivity index (χ0) is 10.1. The first-order valence-corrected chi connectivity index (χ1v) is 4.33. The van der Waals surface area contributed by atoms with Gasteiger partial charge in [0.25, 0.3) is 4.84 Å². The molecule has 0 amide bonds. The van der Waals surface area contributed by atoms with Gasteiger partial charge in [0, 0.05) is 0 Å². The van der Waals surface area contributed by atoms with E-state index in [-0.39, 0.29) is 4.84 Å².